The number of fused-ring (bicyclic) bond motifs is 1. The van der Waals surface area contributed by atoms with Gasteiger partial charge in [-0.15, -0.1) is 0 Å². The van der Waals surface area contributed by atoms with Crippen molar-refractivity contribution in [3.8, 4) is 0 Å². The second-order valence-corrected chi connectivity index (χ2v) is 6.21. The molecule has 0 saturated heterocycles. The van der Waals surface area contributed by atoms with Gasteiger partial charge >= 0.3 is 0 Å². The maximum Gasteiger partial charge on any atom is 0.237 e. The SMILES string of the molecule is CN(CC(=O)N1CCCn2nc(CO)cc2C1)Cc1cccnc1. The van der Waals surface area contributed by atoms with E-state index in [1.165, 1.54) is 0 Å². The molecule has 0 aliphatic carbocycles. The van der Waals surface area contributed by atoms with Crippen molar-refractivity contribution < 1.29 is 9.90 Å². The number of aromatic nitrogens is 3. The number of rotatable bonds is 5. The highest BCUT2D eigenvalue weighted by Gasteiger charge is 2.21. The highest BCUT2D eigenvalue weighted by molar-refractivity contribution is 5.78. The Hall–Kier alpha value is -2.25. The second kappa shape index (κ2) is 7.55. The molecule has 0 aromatic carbocycles. The lowest BCUT2D eigenvalue weighted by Gasteiger charge is -2.23. The Bertz CT molecular complexity index is 686. The lowest BCUT2D eigenvalue weighted by atomic mass is 10.2. The van der Waals surface area contributed by atoms with Crippen LogP contribution < -0.4 is 0 Å². The Morgan fingerprint density at radius 3 is 3.04 bits per heavy atom. The van der Waals surface area contributed by atoms with E-state index in [2.05, 4.69) is 10.1 Å². The van der Waals surface area contributed by atoms with Gasteiger partial charge in [-0.3, -0.25) is 19.4 Å². The fourth-order valence-corrected chi connectivity index (χ4v) is 3.00. The van der Waals surface area contributed by atoms with Crippen molar-refractivity contribution in [3.05, 3.63) is 47.5 Å². The molecule has 0 saturated carbocycles. The van der Waals surface area contributed by atoms with Crippen LogP contribution in [0, 0.1) is 0 Å². The summed E-state index contributed by atoms with van der Waals surface area (Å²) in [6, 6.07) is 5.79. The monoisotopic (exact) mass is 329 g/mol. The van der Waals surface area contributed by atoms with Crippen LogP contribution in [-0.2, 0) is 31.0 Å². The fourth-order valence-electron chi connectivity index (χ4n) is 3.00. The summed E-state index contributed by atoms with van der Waals surface area (Å²) in [7, 11) is 1.94. The van der Waals surface area contributed by atoms with Gasteiger partial charge in [-0.2, -0.15) is 5.10 Å². The van der Waals surface area contributed by atoms with Crippen LogP contribution in [0.2, 0.25) is 0 Å². The fraction of sp³-hybridized carbons (Fsp3) is 0.471. The highest BCUT2D eigenvalue weighted by Crippen LogP contribution is 2.14. The smallest absolute Gasteiger partial charge is 0.237 e. The van der Waals surface area contributed by atoms with E-state index < -0.39 is 0 Å². The third kappa shape index (κ3) is 3.98. The Morgan fingerprint density at radius 2 is 2.29 bits per heavy atom. The van der Waals surface area contributed by atoms with Crippen molar-refractivity contribution >= 4 is 5.91 Å². The van der Waals surface area contributed by atoms with Crippen LogP contribution in [0.5, 0.6) is 0 Å². The van der Waals surface area contributed by atoms with Crippen molar-refractivity contribution in [1.29, 1.82) is 0 Å². The molecule has 128 valence electrons. The Balaban J connectivity index is 1.60. The molecule has 24 heavy (non-hydrogen) atoms. The summed E-state index contributed by atoms with van der Waals surface area (Å²) >= 11 is 0. The molecule has 2 aromatic rings. The molecule has 3 heterocycles. The molecule has 1 aliphatic heterocycles. The Kier molecular flexibility index (Phi) is 5.22. The van der Waals surface area contributed by atoms with E-state index in [4.69, 9.17) is 0 Å². The first kappa shape index (κ1) is 16.6. The van der Waals surface area contributed by atoms with E-state index in [9.17, 15) is 9.90 Å². The van der Waals surface area contributed by atoms with E-state index in [1.807, 2.05) is 45.9 Å². The number of amides is 1. The average Bonchev–Trinajstić information content (AvgIpc) is 2.86. The summed E-state index contributed by atoms with van der Waals surface area (Å²) in [6.07, 6.45) is 4.44. The molecule has 1 aliphatic rings. The van der Waals surface area contributed by atoms with Crippen molar-refractivity contribution in [3.63, 3.8) is 0 Å². The molecule has 0 bridgehead atoms. The van der Waals surface area contributed by atoms with Crippen LogP contribution in [0.3, 0.4) is 0 Å². The van der Waals surface area contributed by atoms with Crippen LogP contribution in [-0.4, -0.2) is 55.7 Å². The maximum absolute atomic E-state index is 12.6. The van der Waals surface area contributed by atoms with Gasteiger partial charge in [0.05, 0.1) is 31.1 Å². The Morgan fingerprint density at radius 1 is 1.42 bits per heavy atom. The van der Waals surface area contributed by atoms with Gasteiger partial charge in [0.15, 0.2) is 0 Å². The van der Waals surface area contributed by atoms with Gasteiger partial charge in [0.1, 0.15) is 0 Å². The molecular formula is C17H23N5O2. The second-order valence-electron chi connectivity index (χ2n) is 6.21. The largest absolute Gasteiger partial charge is 0.390 e. The van der Waals surface area contributed by atoms with E-state index in [-0.39, 0.29) is 12.5 Å². The van der Waals surface area contributed by atoms with E-state index >= 15 is 0 Å². The molecule has 0 fully saturated rings. The zero-order valence-electron chi connectivity index (χ0n) is 13.9. The van der Waals surface area contributed by atoms with Gasteiger partial charge in [-0.05, 0) is 31.2 Å². The summed E-state index contributed by atoms with van der Waals surface area (Å²) in [5.74, 6) is 0.113. The lowest BCUT2D eigenvalue weighted by molar-refractivity contribution is -0.132. The van der Waals surface area contributed by atoms with Crippen molar-refractivity contribution in [2.24, 2.45) is 0 Å². The molecule has 0 spiro atoms. The first-order valence-corrected chi connectivity index (χ1v) is 8.17. The molecule has 7 heteroatoms. The number of aryl methyl sites for hydroxylation is 1. The standard InChI is InChI=1S/C17H23N5O2/c1-20(10-14-4-2-5-18-9-14)12-17(24)21-6-3-7-22-16(11-21)8-15(13-23)19-22/h2,4-5,8-9,23H,3,6-7,10-13H2,1H3. The average molecular weight is 329 g/mol. The number of carbonyl (C=O) groups is 1. The predicted molar refractivity (Wildman–Crippen MR) is 88.8 cm³/mol. The molecule has 1 N–H and O–H groups in total. The third-order valence-corrected chi connectivity index (χ3v) is 4.16. The number of hydrogen-bond donors (Lipinski definition) is 1. The van der Waals surface area contributed by atoms with Gasteiger partial charge < -0.3 is 10.0 Å². The van der Waals surface area contributed by atoms with Crippen LogP contribution in [0.1, 0.15) is 23.4 Å². The maximum atomic E-state index is 12.6. The minimum Gasteiger partial charge on any atom is -0.390 e. The number of aliphatic hydroxyl groups is 1. The number of aliphatic hydroxyl groups excluding tert-OH is 1. The number of hydrogen-bond acceptors (Lipinski definition) is 5. The molecular weight excluding hydrogens is 306 g/mol. The number of nitrogens with zero attached hydrogens (tertiary/aromatic N) is 5. The summed E-state index contributed by atoms with van der Waals surface area (Å²) < 4.78 is 1.90. The topological polar surface area (TPSA) is 74.5 Å². The van der Waals surface area contributed by atoms with E-state index in [1.54, 1.807) is 6.20 Å². The minimum absolute atomic E-state index is 0.0677. The van der Waals surface area contributed by atoms with Gasteiger partial charge in [0.2, 0.25) is 5.91 Å². The van der Waals surface area contributed by atoms with Crippen LogP contribution in [0.4, 0.5) is 0 Å². The molecule has 0 atom stereocenters. The van der Waals surface area contributed by atoms with Gasteiger partial charge in [-0.25, -0.2) is 0 Å². The van der Waals surface area contributed by atoms with E-state index in [0.717, 1.165) is 30.8 Å². The van der Waals surface area contributed by atoms with Crippen molar-refractivity contribution in [2.75, 3.05) is 20.1 Å². The number of likely N-dealkylation sites (N-methyl/N-ethyl adjacent to an activating group) is 1. The molecule has 2 aromatic heterocycles. The predicted octanol–water partition coefficient (Wildman–Crippen LogP) is 0.635. The van der Waals surface area contributed by atoms with Crippen LogP contribution in [0.25, 0.3) is 0 Å². The third-order valence-electron chi connectivity index (χ3n) is 4.16. The van der Waals surface area contributed by atoms with Gasteiger partial charge in [0, 0.05) is 32.0 Å². The molecule has 0 radical (unpaired) electrons. The summed E-state index contributed by atoms with van der Waals surface area (Å²) in [5.41, 5.74) is 2.74. The number of pyridine rings is 1. The summed E-state index contributed by atoms with van der Waals surface area (Å²) in [4.78, 5) is 20.6. The first-order valence-electron chi connectivity index (χ1n) is 8.17. The summed E-state index contributed by atoms with van der Waals surface area (Å²) in [6.45, 7) is 3.06. The van der Waals surface area contributed by atoms with Crippen LogP contribution >= 0.6 is 0 Å². The Labute approximate surface area is 141 Å². The molecule has 1 amide bonds. The molecule has 7 nitrogen and oxygen atoms in total. The normalized spacial score (nSPS) is 14.5. The highest BCUT2D eigenvalue weighted by atomic mass is 16.3. The van der Waals surface area contributed by atoms with Crippen molar-refractivity contribution in [1.82, 2.24) is 24.6 Å². The van der Waals surface area contributed by atoms with Crippen LogP contribution in [0.15, 0.2) is 30.6 Å². The molecule has 3 rings (SSSR count). The lowest BCUT2D eigenvalue weighted by Crippen LogP contribution is -2.38. The van der Waals surface area contributed by atoms with Crippen molar-refractivity contribution in [2.45, 2.75) is 32.7 Å². The minimum atomic E-state index is -0.0677. The quantitative estimate of drug-likeness (QED) is 0.871. The van der Waals surface area contributed by atoms with Gasteiger partial charge in [-0.1, -0.05) is 6.07 Å². The zero-order chi connectivity index (χ0) is 16.9. The number of carbonyl (C=O) groups excluding carboxylic acids is 1. The first-order chi connectivity index (χ1) is 11.7. The molecule has 0 unspecified atom stereocenters. The van der Waals surface area contributed by atoms with E-state index in [0.29, 0.717) is 25.3 Å². The zero-order valence-corrected chi connectivity index (χ0v) is 13.9. The summed E-state index contributed by atoms with van der Waals surface area (Å²) in [5, 5.41) is 13.6. The van der Waals surface area contributed by atoms with Gasteiger partial charge in [0.25, 0.3) is 0 Å².